The van der Waals surface area contributed by atoms with Crippen LogP contribution in [-0.2, 0) is 14.3 Å². The van der Waals surface area contributed by atoms with Gasteiger partial charge in [-0.1, -0.05) is 66.4 Å². The molecular formula is C41H31N5O8S. The molecular weight excluding hydrogens is 723 g/mol. The van der Waals surface area contributed by atoms with E-state index < -0.39 is 29.6 Å². The van der Waals surface area contributed by atoms with Gasteiger partial charge in [0.2, 0.25) is 17.6 Å². The van der Waals surface area contributed by atoms with Gasteiger partial charge in [0.25, 0.3) is 0 Å². The van der Waals surface area contributed by atoms with Crippen molar-refractivity contribution in [1.82, 2.24) is 4.98 Å². The molecule has 1 unspecified atom stereocenters. The van der Waals surface area contributed by atoms with Crippen LogP contribution in [0.5, 0.6) is 17.2 Å². The molecule has 0 aliphatic carbocycles. The number of aromatic nitrogens is 1. The molecule has 6 rings (SSSR count). The lowest BCUT2D eigenvalue weighted by Gasteiger charge is -2.18. The van der Waals surface area contributed by atoms with Crippen LogP contribution in [0.4, 0.5) is 11.5 Å². The molecule has 2 heterocycles. The summed E-state index contributed by atoms with van der Waals surface area (Å²) >= 11 is 0.869. The van der Waals surface area contributed by atoms with Crippen molar-refractivity contribution in [2.45, 2.75) is 16.7 Å². The van der Waals surface area contributed by atoms with Crippen molar-refractivity contribution in [3.05, 3.63) is 113 Å². The quantitative estimate of drug-likeness (QED) is 0.0856. The second-order valence-electron chi connectivity index (χ2n) is 11.9. The number of amides is 2. The Morgan fingerprint density at radius 1 is 0.818 bits per heavy atom. The van der Waals surface area contributed by atoms with Crippen molar-refractivity contribution < 1.29 is 38.1 Å². The predicted octanol–water partition coefficient (Wildman–Crippen LogP) is 6.23. The number of rotatable bonds is 12. The zero-order valence-corrected chi connectivity index (χ0v) is 30.5. The molecule has 1 aliphatic rings. The molecule has 1 atom stereocenters. The molecule has 1 fully saturated rings. The van der Waals surface area contributed by atoms with E-state index in [1.54, 1.807) is 24.3 Å². The van der Waals surface area contributed by atoms with Crippen molar-refractivity contribution in [1.29, 1.82) is 10.5 Å². The zero-order chi connectivity index (χ0) is 39.2. The highest BCUT2D eigenvalue weighted by Gasteiger charge is 2.41. The van der Waals surface area contributed by atoms with Gasteiger partial charge in [-0.05, 0) is 53.1 Å². The first-order valence-corrected chi connectivity index (χ1v) is 17.4. The molecule has 14 heteroatoms. The third-order valence-electron chi connectivity index (χ3n) is 8.74. The minimum atomic E-state index is -0.996. The first-order valence-electron chi connectivity index (χ1n) is 16.6. The highest BCUT2D eigenvalue weighted by atomic mass is 32.2. The number of anilines is 2. The van der Waals surface area contributed by atoms with E-state index in [1.165, 1.54) is 45.6 Å². The van der Waals surface area contributed by atoms with E-state index in [-0.39, 0.29) is 62.5 Å². The van der Waals surface area contributed by atoms with Crippen LogP contribution in [0.15, 0.2) is 96.0 Å². The van der Waals surface area contributed by atoms with Crippen molar-refractivity contribution >= 4 is 46.8 Å². The Kier molecular flexibility index (Phi) is 11.1. The third-order valence-corrected chi connectivity index (χ3v) is 9.91. The van der Waals surface area contributed by atoms with Gasteiger partial charge >= 0.3 is 5.97 Å². The van der Waals surface area contributed by atoms with Crippen LogP contribution in [0.25, 0.3) is 22.3 Å². The summed E-state index contributed by atoms with van der Waals surface area (Å²) in [6, 6.07) is 29.5. The maximum Gasteiger partial charge on any atom is 0.338 e. The molecule has 1 aliphatic heterocycles. The van der Waals surface area contributed by atoms with E-state index in [1.807, 2.05) is 48.5 Å². The number of nitriles is 2. The number of thioether (sulfide) groups is 1. The Morgan fingerprint density at radius 2 is 1.42 bits per heavy atom. The number of carbonyl (C=O) groups excluding carboxylic acids is 4. The Morgan fingerprint density at radius 3 is 2.00 bits per heavy atom. The van der Waals surface area contributed by atoms with Gasteiger partial charge < -0.3 is 24.7 Å². The highest BCUT2D eigenvalue weighted by molar-refractivity contribution is 8.00. The third kappa shape index (κ3) is 7.53. The number of Topliss-reactive ketones (excluding diaryl/α,β-unsaturated/α-hetero) is 1. The maximum absolute atomic E-state index is 13.7. The second kappa shape index (κ2) is 16.2. The number of nitrogens with zero attached hydrogens (tertiary/aromatic N) is 4. The summed E-state index contributed by atoms with van der Waals surface area (Å²) in [6.07, 6.45) is -0.228. The topological polar surface area (TPSA) is 195 Å². The van der Waals surface area contributed by atoms with Crippen LogP contribution < -0.4 is 24.8 Å². The summed E-state index contributed by atoms with van der Waals surface area (Å²) in [5.74, 6) is -1.62. The lowest BCUT2D eigenvalue weighted by atomic mass is 9.96. The van der Waals surface area contributed by atoms with Crippen molar-refractivity contribution in [3.8, 4) is 51.6 Å². The highest BCUT2D eigenvalue weighted by Crippen LogP contribution is 2.45. The fourth-order valence-electron chi connectivity index (χ4n) is 6.02. The van der Waals surface area contributed by atoms with E-state index in [0.717, 1.165) is 27.8 Å². The van der Waals surface area contributed by atoms with Gasteiger partial charge in [-0.3, -0.25) is 14.4 Å². The van der Waals surface area contributed by atoms with Crippen LogP contribution in [-0.4, -0.2) is 61.7 Å². The fourth-order valence-corrected chi connectivity index (χ4v) is 7.14. The number of pyridine rings is 1. The zero-order valence-electron chi connectivity index (χ0n) is 29.7. The molecule has 5 aromatic rings. The Labute approximate surface area is 319 Å². The summed E-state index contributed by atoms with van der Waals surface area (Å²) in [5.41, 5.74) is 9.22. The Bertz CT molecular complexity index is 2380. The van der Waals surface area contributed by atoms with Crippen molar-refractivity contribution in [3.63, 3.8) is 0 Å². The van der Waals surface area contributed by atoms with Crippen molar-refractivity contribution in [2.75, 3.05) is 38.6 Å². The van der Waals surface area contributed by atoms with Gasteiger partial charge in [-0.2, -0.15) is 10.5 Å². The van der Waals surface area contributed by atoms with Gasteiger partial charge in [0.1, 0.15) is 28.5 Å². The predicted molar refractivity (Wildman–Crippen MR) is 203 cm³/mol. The number of nitrogens with two attached hydrogens (primary N) is 1. The van der Waals surface area contributed by atoms with Crippen LogP contribution in [0, 0.1) is 22.7 Å². The molecule has 0 bridgehead atoms. The Balaban J connectivity index is 1.16. The van der Waals surface area contributed by atoms with Gasteiger partial charge in [0.05, 0.1) is 43.4 Å². The van der Waals surface area contributed by atoms with E-state index in [2.05, 4.69) is 11.1 Å². The summed E-state index contributed by atoms with van der Waals surface area (Å²) in [5, 5.41) is 19.4. The number of ketones is 1. The second-order valence-corrected chi connectivity index (χ2v) is 13.1. The molecule has 4 aromatic carbocycles. The number of nitrogen functional groups attached to an aromatic ring is 1. The van der Waals surface area contributed by atoms with Gasteiger partial charge in [0, 0.05) is 17.5 Å². The standard InChI is InChI=1S/C41H31N5O8S/c1-51-32-17-27(18-33(52-2)37(32)53-3)36-29(20-42)38(44)45-39(30(36)21-43)55-34-19-35(48)46(40(34)49)28-15-13-26(14-16-28)41(50)54-22-31(47)25-11-9-24(10-12-25)23-7-5-4-6-8-23/h4-18,34H,19,22H2,1-3H3,(H2,44,45). The van der Waals surface area contributed by atoms with Crippen LogP contribution >= 0.6 is 11.8 Å². The number of imide groups is 1. The number of benzene rings is 4. The molecule has 0 spiro atoms. The minimum absolute atomic E-state index is 0.0375. The first-order chi connectivity index (χ1) is 26.6. The maximum atomic E-state index is 13.7. The first kappa shape index (κ1) is 37.6. The molecule has 2 N–H and O–H groups in total. The smallest absolute Gasteiger partial charge is 0.338 e. The van der Waals surface area contributed by atoms with Gasteiger partial charge in [0.15, 0.2) is 23.9 Å². The molecule has 274 valence electrons. The molecule has 1 aromatic heterocycles. The monoisotopic (exact) mass is 753 g/mol. The summed E-state index contributed by atoms with van der Waals surface area (Å²) in [7, 11) is 4.28. The van der Waals surface area contributed by atoms with E-state index in [4.69, 9.17) is 24.7 Å². The molecule has 2 amide bonds. The lowest BCUT2D eigenvalue weighted by molar-refractivity contribution is -0.121. The molecule has 0 saturated carbocycles. The van der Waals surface area contributed by atoms with Gasteiger partial charge in [-0.15, -0.1) is 0 Å². The minimum Gasteiger partial charge on any atom is -0.493 e. The van der Waals surface area contributed by atoms with Crippen molar-refractivity contribution in [2.24, 2.45) is 0 Å². The summed E-state index contributed by atoms with van der Waals surface area (Å²) < 4.78 is 21.6. The number of methoxy groups -OCH3 is 3. The molecule has 55 heavy (non-hydrogen) atoms. The molecule has 1 saturated heterocycles. The largest absolute Gasteiger partial charge is 0.493 e. The van der Waals surface area contributed by atoms with Crippen LogP contribution in [0.3, 0.4) is 0 Å². The Hall–Kier alpha value is -7.16. The average Bonchev–Trinajstić information content (AvgIpc) is 3.50. The number of carbonyl (C=O) groups is 4. The fraction of sp³-hybridized carbons (Fsp3) is 0.146. The summed E-state index contributed by atoms with van der Waals surface area (Å²) in [6.45, 7) is -0.479. The van der Waals surface area contributed by atoms with E-state index >= 15 is 0 Å². The van der Waals surface area contributed by atoms with Crippen LogP contribution in [0.2, 0.25) is 0 Å². The number of hydrogen-bond acceptors (Lipinski definition) is 13. The number of ether oxygens (including phenoxy) is 4. The normalized spacial score (nSPS) is 13.5. The average molecular weight is 754 g/mol. The van der Waals surface area contributed by atoms with E-state index in [9.17, 15) is 29.7 Å². The summed E-state index contributed by atoms with van der Waals surface area (Å²) in [4.78, 5) is 57.7. The molecule has 13 nitrogen and oxygen atoms in total. The number of hydrogen-bond donors (Lipinski definition) is 1. The van der Waals surface area contributed by atoms with Crippen LogP contribution in [0.1, 0.15) is 38.3 Å². The van der Waals surface area contributed by atoms with Gasteiger partial charge in [-0.25, -0.2) is 14.7 Å². The SMILES string of the molecule is COc1cc(-c2c(C#N)c(N)nc(SC3CC(=O)N(c4ccc(C(=O)OCC(=O)c5ccc(-c6ccccc6)cc5)cc4)C3=O)c2C#N)cc(OC)c1OC. The number of esters is 1. The van der Waals surface area contributed by atoms with E-state index in [0.29, 0.717) is 16.9 Å². The molecule has 0 radical (unpaired) electrons. The lowest BCUT2D eigenvalue weighted by Crippen LogP contribution is -2.31.